The van der Waals surface area contributed by atoms with Crippen LogP contribution in [0.2, 0.25) is 5.02 Å². The lowest BCUT2D eigenvalue weighted by Crippen LogP contribution is -2.01. The number of fused-ring (bicyclic) bond motifs is 1. The van der Waals surface area contributed by atoms with Gasteiger partial charge in [-0.3, -0.25) is 9.79 Å². The number of esters is 1. The molecule has 0 amide bonds. The van der Waals surface area contributed by atoms with Gasteiger partial charge in [-0.2, -0.15) is 5.10 Å². The number of rotatable bonds is 4. The number of benzene rings is 2. The molecule has 1 fully saturated rings. The number of hydrogen-bond acceptors (Lipinski definition) is 5. The lowest BCUT2D eigenvalue weighted by molar-refractivity contribution is -0.131. The molecule has 192 valence electrons. The van der Waals surface area contributed by atoms with Crippen molar-refractivity contribution < 1.29 is 13.9 Å². The number of aryl methyl sites for hydroxylation is 1. The number of halogens is 2. The summed E-state index contributed by atoms with van der Waals surface area (Å²) in [6, 6.07) is 11.3. The van der Waals surface area contributed by atoms with Gasteiger partial charge in [-0.25, -0.2) is 8.91 Å². The highest BCUT2D eigenvalue weighted by Crippen LogP contribution is 2.31. The number of aromatic nitrogens is 2. The van der Waals surface area contributed by atoms with Gasteiger partial charge in [0.25, 0.3) is 0 Å². The third-order valence-corrected chi connectivity index (χ3v) is 6.55. The molecule has 0 spiro atoms. The van der Waals surface area contributed by atoms with E-state index in [1.807, 2.05) is 25.3 Å². The maximum absolute atomic E-state index is 13.4. The van der Waals surface area contributed by atoms with Gasteiger partial charge in [0.05, 0.1) is 28.1 Å². The summed E-state index contributed by atoms with van der Waals surface area (Å²) >= 11 is 6.06. The SMILES string of the molecule is C1CCCCC1.CC(=O)Oc1ccc(-c2cc3c(N)c(C=Nc4cc(F)ccc4Cl)cnn3c2)c(C)c1. The maximum Gasteiger partial charge on any atom is 0.308 e. The second-order valence-electron chi connectivity index (χ2n) is 9.12. The summed E-state index contributed by atoms with van der Waals surface area (Å²) in [7, 11) is 0. The molecule has 2 N–H and O–H groups in total. The number of nitrogen functional groups attached to an aromatic ring is 1. The van der Waals surface area contributed by atoms with Crippen molar-refractivity contribution in [1.29, 1.82) is 0 Å². The van der Waals surface area contributed by atoms with Gasteiger partial charge in [0.15, 0.2) is 0 Å². The van der Waals surface area contributed by atoms with Crippen molar-refractivity contribution in [2.24, 2.45) is 4.99 Å². The van der Waals surface area contributed by atoms with E-state index in [1.165, 1.54) is 69.9 Å². The average Bonchev–Trinajstić information content (AvgIpc) is 3.32. The van der Waals surface area contributed by atoms with Crippen LogP contribution in [0.15, 0.2) is 59.9 Å². The molecule has 1 aliphatic carbocycles. The van der Waals surface area contributed by atoms with Crippen molar-refractivity contribution in [1.82, 2.24) is 9.61 Å². The van der Waals surface area contributed by atoms with Gasteiger partial charge in [0.2, 0.25) is 0 Å². The van der Waals surface area contributed by atoms with Crippen molar-refractivity contribution in [3.05, 3.63) is 76.8 Å². The monoisotopic (exact) mass is 520 g/mol. The van der Waals surface area contributed by atoms with Crippen molar-refractivity contribution in [3.8, 4) is 16.9 Å². The second kappa shape index (κ2) is 12.0. The molecule has 0 atom stereocenters. The summed E-state index contributed by atoms with van der Waals surface area (Å²) in [5, 5.41) is 4.73. The van der Waals surface area contributed by atoms with E-state index in [4.69, 9.17) is 22.1 Å². The van der Waals surface area contributed by atoms with Crippen LogP contribution in [0.1, 0.15) is 56.6 Å². The largest absolute Gasteiger partial charge is 0.427 e. The molecule has 6 nitrogen and oxygen atoms in total. The van der Waals surface area contributed by atoms with E-state index in [-0.39, 0.29) is 5.97 Å². The third kappa shape index (κ3) is 6.74. The number of carbonyl (C=O) groups is 1. The molecule has 0 unspecified atom stereocenters. The second-order valence-corrected chi connectivity index (χ2v) is 9.52. The van der Waals surface area contributed by atoms with Crippen molar-refractivity contribution in [2.45, 2.75) is 52.4 Å². The van der Waals surface area contributed by atoms with Crippen molar-refractivity contribution >= 4 is 40.7 Å². The molecular weight excluding hydrogens is 491 g/mol. The first-order valence-corrected chi connectivity index (χ1v) is 12.7. The van der Waals surface area contributed by atoms with E-state index < -0.39 is 5.82 Å². The first kappa shape index (κ1) is 26.4. The van der Waals surface area contributed by atoms with Gasteiger partial charge < -0.3 is 10.5 Å². The minimum Gasteiger partial charge on any atom is -0.427 e. The predicted octanol–water partition coefficient (Wildman–Crippen LogP) is 7.70. The van der Waals surface area contributed by atoms with Gasteiger partial charge in [0, 0.05) is 36.5 Å². The Morgan fingerprint density at radius 2 is 1.81 bits per heavy atom. The number of hydrogen-bond donors (Lipinski definition) is 1. The summed E-state index contributed by atoms with van der Waals surface area (Å²) in [4.78, 5) is 15.4. The van der Waals surface area contributed by atoms with Crippen LogP contribution in [-0.2, 0) is 4.79 Å². The summed E-state index contributed by atoms with van der Waals surface area (Å²) < 4.78 is 20.3. The van der Waals surface area contributed by atoms with Gasteiger partial charge in [-0.15, -0.1) is 0 Å². The Morgan fingerprint density at radius 3 is 2.46 bits per heavy atom. The molecule has 0 aliphatic heterocycles. The lowest BCUT2D eigenvalue weighted by Gasteiger charge is -2.06. The highest BCUT2D eigenvalue weighted by atomic mass is 35.5. The number of nitrogens with two attached hydrogens (primary N) is 1. The maximum atomic E-state index is 13.4. The number of anilines is 1. The molecule has 8 heteroatoms. The fourth-order valence-electron chi connectivity index (χ4n) is 4.31. The standard InChI is InChI=1S/C23H18ClFN4O2.C6H12/c1-13-7-18(31-14(2)30)4-5-19(13)15-8-22-23(26)16(11-28-29(22)12-15)10-27-21-9-17(25)3-6-20(21)24;1-2-4-6-5-3-1/h3-12H,26H2,1-2H3;1-6H2. The molecule has 0 saturated heterocycles. The first-order valence-electron chi connectivity index (χ1n) is 12.4. The predicted molar refractivity (Wildman–Crippen MR) is 147 cm³/mol. The van der Waals surface area contributed by atoms with E-state index in [0.29, 0.717) is 33.2 Å². The van der Waals surface area contributed by atoms with Gasteiger partial charge in [-0.05, 0) is 48.4 Å². The van der Waals surface area contributed by atoms with Crippen LogP contribution >= 0.6 is 11.6 Å². The Kier molecular flexibility index (Phi) is 8.56. The molecule has 2 aromatic carbocycles. The summed E-state index contributed by atoms with van der Waals surface area (Å²) in [5.74, 6) is -0.304. The topological polar surface area (TPSA) is 82.0 Å². The molecule has 5 rings (SSSR count). The summed E-state index contributed by atoms with van der Waals surface area (Å²) in [5.41, 5.74) is 11.2. The number of nitrogens with zero attached hydrogens (tertiary/aromatic N) is 3. The zero-order valence-corrected chi connectivity index (χ0v) is 21.8. The minimum absolute atomic E-state index is 0.306. The average molecular weight is 521 g/mol. The first-order chi connectivity index (χ1) is 17.8. The molecular formula is C29H30ClFN4O2. The lowest BCUT2D eigenvalue weighted by atomic mass is 10.0. The Hall–Kier alpha value is -3.71. The smallest absolute Gasteiger partial charge is 0.308 e. The van der Waals surface area contributed by atoms with Gasteiger partial charge in [-0.1, -0.05) is 56.2 Å². The Morgan fingerprint density at radius 1 is 1.11 bits per heavy atom. The molecule has 37 heavy (non-hydrogen) atoms. The quantitative estimate of drug-likeness (QED) is 0.170. The number of carbonyl (C=O) groups excluding carboxylic acids is 1. The molecule has 2 heterocycles. The third-order valence-electron chi connectivity index (χ3n) is 6.23. The fraction of sp³-hybridized carbons (Fsp3) is 0.276. The Labute approximate surface area is 220 Å². The normalized spacial score (nSPS) is 13.4. The van der Waals surface area contributed by atoms with Gasteiger partial charge >= 0.3 is 5.97 Å². The molecule has 2 aromatic heterocycles. The zero-order chi connectivity index (χ0) is 26.4. The van der Waals surface area contributed by atoms with E-state index >= 15 is 0 Å². The van der Waals surface area contributed by atoms with Crippen molar-refractivity contribution in [3.63, 3.8) is 0 Å². The number of ether oxygens (including phenoxy) is 1. The minimum atomic E-state index is -0.426. The van der Waals surface area contributed by atoms with Crippen LogP contribution < -0.4 is 10.5 Å². The van der Waals surface area contributed by atoms with E-state index in [0.717, 1.165) is 16.7 Å². The highest BCUT2D eigenvalue weighted by molar-refractivity contribution is 6.33. The van der Waals surface area contributed by atoms with Crippen LogP contribution in [0.5, 0.6) is 5.75 Å². The van der Waals surface area contributed by atoms with Crippen molar-refractivity contribution in [2.75, 3.05) is 5.73 Å². The van der Waals surface area contributed by atoms with Crippen LogP contribution in [0.4, 0.5) is 15.8 Å². The van der Waals surface area contributed by atoms with Crippen LogP contribution in [0.25, 0.3) is 16.6 Å². The summed E-state index contributed by atoms with van der Waals surface area (Å²) in [6.45, 7) is 3.30. The van der Waals surface area contributed by atoms with E-state index in [2.05, 4.69) is 10.1 Å². The summed E-state index contributed by atoms with van der Waals surface area (Å²) in [6.07, 6.45) is 14.0. The Bertz CT molecular complexity index is 1430. The Balaban J connectivity index is 0.000000469. The highest BCUT2D eigenvalue weighted by Gasteiger charge is 2.12. The van der Waals surface area contributed by atoms with E-state index in [9.17, 15) is 9.18 Å². The molecule has 4 aromatic rings. The molecule has 1 saturated carbocycles. The zero-order valence-electron chi connectivity index (χ0n) is 21.0. The molecule has 0 bridgehead atoms. The fourth-order valence-corrected chi connectivity index (χ4v) is 4.48. The molecule has 1 aliphatic rings. The number of aliphatic imine (C=N–C) groups is 1. The van der Waals surface area contributed by atoms with Crippen LogP contribution in [0.3, 0.4) is 0 Å². The van der Waals surface area contributed by atoms with Crippen LogP contribution in [-0.4, -0.2) is 21.8 Å². The van der Waals surface area contributed by atoms with Gasteiger partial charge in [0.1, 0.15) is 11.6 Å². The van der Waals surface area contributed by atoms with Crippen LogP contribution in [0, 0.1) is 12.7 Å². The van der Waals surface area contributed by atoms with E-state index in [1.54, 1.807) is 22.8 Å². The molecule has 0 radical (unpaired) electrons.